The number of thiazole rings is 1. The summed E-state index contributed by atoms with van der Waals surface area (Å²) in [4.78, 5) is 33.0. The highest BCUT2D eigenvalue weighted by Gasteiger charge is 2.33. The van der Waals surface area contributed by atoms with Gasteiger partial charge in [-0.1, -0.05) is 84.1 Å². The van der Waals surface area contributed by atoms with Crippen LogP contribution in [0.3, 0.4) is 0 Å². The van der Waals surface area contributed by atoms with Crippen molar-refractivity contribution in [1.29, 1.82) is 0 Å². The molecule has 4 aromatic carbocycles. The van der Waals surface area contributed by atoms with E-state index in [2.05, 4.69) is 72.2 Å². The van der Waals surface area contributed by atoms with Gasteiger partial charge in [0.05, 0.1) is 35.1 Å². The minimum atomic E-state index is -0.683. The second-order valence-electron chi connectivity index (χ2n) is 11.5. The molecule has 0 aliphatic carbocycles. The van der Waals surface area contributed by atoms with Crippen molar-refractivity contribution < 1.29 is 14.3 Å². The van der Waals surface area contributed by atoms with E-state index in [-0.39, 0.29) is 12.2 Å². The summed E-state index contributed by atoms with van der Waals surface area (Å²) in [5.41, 5.74) is 5.87. The van der Waals surface area contributed by atoms with Gasteiger partial charge in [-0.15, -0.1) is 0 Å². The smallest absolute Gasteiger partial charge is 0.338 e. The number of nitrogens with zero attached hydrogens (tertiary/aromatic N) is 3. The van der Waals surface area contributed by atoms with E-state index in [1.807, 2.05) is 43.3 Å². The molecule has 0 radical (unpaired) electrons. The highest BCUT2D eigenvalue weighted by Crippen LogP contribution is 2.32. The quantitative estimate of drug-likeness (QED) is 0.174. The first-order chi connectivity index (χ1) is 22.9. The summed E-state index contributed by atoms with van der Waals surface area (Å²) in [5, 5.41) is 3.51. The van der Waals surface area contributed by atoms with Crippen molar-refractivity contribution in [3.05, 3.63) is 144 Å². The number of benzene rings is 4. The lowest BCUT2D eigenvalue weighted by atomic mass is 9.96. The fraction of sp³-hybridized carbons (Fsp3) is 0.205. The predicted molar refractivity (Wildman–Crippen MR) is 188 cm³/mol. The molecule has 0 N–H and O–H groups in total. The average Bonchev–Trinajstić information content (AvgIpc) is 3.53. The van der Waals surface area contributed by atoms with Gasteiger partial charge in [-0.2, -0.15) is 0 Å². The van der Waals surface area contributed by atoms with E-state index in [1.165, 1.54) is 27.7 Å². The summed E-state index contributed by atoms with van der Waals surface area (Å²) < 4.78 is 15.6. The van der Waals surface area contributed by atoms with Crippen molar-refractivity contribution in [3.8, 4) is 5.75 Å². The Bertz CT molecular complexity index is 2370. The Kier molecular flexibility index (Phi) is 8.12. The van der Waals surface area contributed by atoms with Crippen LogP contribution in [-0.2, 0) is 16.1 Å². The minimum absolute atomic E-state index is 0.202. The van der Waals surface area contributed by atoms with E-state index in [9.17, 15) is 9.59 Å². The van der Waals surface area contributed by atoms with Crippen LogP contribution in [0.25, 0.3) is 27.8 Å². The largest absolute Gasteiger partial charge is 0.494 e. The van der Waals surface area contributed by atoms with E-state index in [0.29, 0.717) is 33.8 Å². The topological polar surface area (TPSA) is 74.8 Å². The molecule has 0 fully saturated rings. The van der Waals surface area contributed by atoms with Crippen molar-refractivity contribution >= 4 is 45.1 Å². The van der Waals surface area contributed by atoms with E-state index in [4.69, 9.17) is 14.5 Å². The average molecular weight is 642 g/mol. The number of hydrogen-bond acceptors (Lipinski definition) is 6. The second kappa shape index (κ2) is 12.5. The highest BCUT2D eigenvalue weighted by molar-refractivity contribution is 7.07. The molecule has 8 heteroatoms. The Morgan fingerprint density at radius 2 is 1.62 bits per heavy atom. The van der Waals surface area contributed by atoms with Gasteiger partial charge in [0, 0.05) is 28.7 Å². The zero-order valence-corrected chi connectivity index (χ0v) is 27.6. The van der Waals surface area contributed by atoms with Gasteiger partial charge in [-0.25, -0.2) is 9.79 Å². The first kappa shape index (κ1) is 30.4. The summed E-state index contributed by atoms with van der Waals surface area (Å²) in [7, 11) is 0. The number of allylic oxidation sites excluding steroid dienone is 1. The van der Waals surface area contributed by atoms with Gasteiger partial charge in [0.2, 0.25) is 0 Å². The van der Waals surface area contributed by atoms with Gasteiger partial charge in [-0.3, -0.25) is 9.36 Å². The molecule has 0 bridgehead atoms. The molecular formula is C39H35N3O4S. The number of esters is 1. The fourth-order valence-corrected chi connectivity index (χ4v) is 7.62. The summed E-state index contributed by atoms with van der Waals surface area (Å²) in [6.07, 6.45) is 1.99. The van der Waals surface area contributed by atoms with Crippen molar-refractivity contribution in [2.24, 2.45) is 4.99 Å². The number of hydrogen-bond donors (Lipinski definition) is 0. The summed E-state index contributed by atoms with van der Waals surface area (Å²) in [6, 6.07) is 30.0. The molecule has 0 saturated carbocycles. The Hall–Kier alpha value is -5.21. The SMILES string of the molecule is CCOC(=O)C1=C(C)N=c2s/c(=C\c3c(C)n(Cc4cccc5ccccc45)c4ccccc34)c(=O)n2[C@@H]1c1ccc(OCC)cc1. The minimum Gasteiger partial charge on any atom is -0.494 e. The number of ether oxygens (including phenoxy) is 2. The fourth-order valence-electron chi connectivity index (χ4n) is 6.60. The van der Waals surface area contributed by atoms with Crippen molar-refractivity contribution in [3.63, 3.8) is 0 Å². The lowest BCUT2D eigenvalue weighted by molar-refractivity contribution is -0.139. The van der Waals surface area contributed by atoms with Crippen LogP contribution in [0.5, 0.6) is 5.75 Å². The number of para-hydroxylation sites is 1. The number of carbonyl (C=O) groups is 1. The third-order valence-electron chi connectivity index (χ3n) is 8.79. The lowest BCUT2D eigenvalue weighted by Crippen LogP contribution is -2.39. The van der Waals surface area contributed by atoms with Gasteiger partial charge in [0.15, 0.2) is 4.80 Å². The van der Waals surface area contributed by atoms with E-state index < -0.39 is 12.0 Å². The zero-order chi connectivity index (χ0) is 32.7. The van der Waals surface area contributed by atoms with E-state index >= 15 is 0 Å². The van der Waals surface area contributed by atoms with Crippen LogP contribution in [-0.4, -0.2) is 28.3 Å². The molecule has 7 rings (SSSR count). The lowest BCUT2D eigenvalue weighted by Gasteiger charge is -2.24. The number of fused-ring (bicyclic) bond motifs is 3. The molecule has 1 aliphatic heterocycles. The van der Waals surface area contributed by atoms with Crippen LogP contribution in [0.2, 0.25) is 0 Å². The molecule has 1 atom stereocenters. The van der Waals surface area contributed by atoms with Gasteiger partial charge in [-0.05, 0) is 73.9 Å². The van der Waals surface area contributed by atoms with Crippen molar-refractivity contribution in [1.82, 2.24) is 9.13 Å². The molecule has 0 unspecified atom stereocenters. The van der Waals surface area contributed by atoms with Crippen LogP contribution in [0, 0.1) is 6.92 Å². The molecule has 47 heavy (non-hydrogen) atoms. The first-order valence-corrected chi connectivity index (χ1v) is 16.7. The first-order valence-electron chi connectivity index (χ1n) is 15.9. The van der Waals surface area contributed by atoms with Crippen molar-refractivity contribution in [2.75, 3.05) is 13.2 Å². The van der Waals surface area contributed by atoms with Gasteiger partial charge < -0.3 is 14.0 Å². The Balaban J connectivity index is 1.39. The molecule has 0 saturated heterocycles. The third-order valence-corrected chi connectivity index (χ3v) is 9.77. The third kappa shape index (κ3) is 5.38. The molecule has 6 aromatic rings. The second-order valence-corrected chi connectivity index (χ2v) is 12.6. The van der Waals surface area contributed by atoms with Gasteiger partial charge >= 0.3 is 5.97 Å². The Morgan fingerprint density at radius 1 is 0.894 bits per heavy atom. The summed E-state index contributed by atoms with van der Waals surface area (Å²) >= 11 is 1.34. The molecule has 3 heterocycles. The monoisotopic (exact) mass is 641 g/mol. The molecule has 0 spiro atoms. The maximum atomic E-state index is 14.4. The van der Waals surface area contributed by atoms with Gasteiger partial charge in [0.1, 0.15) is 5.75 Å². The highest BCUT2D eigenvalue weighted by atomic mass is 32.1. The Morgan fingerprint density at radius 3 is 2.38 bits per heavy atom. The van der Waals surface area contributed by atoms with Crippen LogP contribution in [0.4, 0.5) is 0 Å². The molecule has 0 amide bonds. The van der Waals surface area contributed by atoms with Crippen molar-refractivity contribution in [2.45, 2.75) is 40.3 Å². The standard InChI is InChI=1S/C39H35N3O4S/c1-5-45-29-20-18-27(19-21-29)36-35(38(44)46-6-2)24(3)40-39-42(36)37(43)34(47-39)22-32-25(4)41(33-17-10-9-16-31(32)33)23-28-14-11-13-26-12-7-8-15-30(26)28/h7-22,36H,5-6,23H2,1-4H3/b34-22-/t36-/m1/s1. The number of rotatable bonds is 8. The van der Waals surface area contributed by atoms with Crippen LogP contribution in [0.1, 0.15) is 49.2 Å². The molecule has 2 aromatic heterocycles. The number of aromatic nitrogens is 2. The van der Waals surface area contributed by atoms with E-state index in [1.54, 1.807) is 18.4 Å². The summed E-state index contributed by atoms with van der Waals surface area (Å²) in [6.45, 7) is 9.07. The normalized spacial score (nSPS) is 14.8. The van der Waals surface area contributed by atoms with E-state index in [0.717, 1.165) is 33.5 Å². The maximum absolute atomic E-state index is 14.4. The zero-order valence-electron chi connectivity index (χ0n) is 26.8. The van der Waals surface area contributed by atoms with Crippen LogP contribution < -0.4 is 19.6 Å². The van der Waals surface area contributed by atoms with Crippen LogP contribution >= 0.6 is 11.3 Å². The Labute approximate surface area is 276 Å². The molecule has 236 valence electrons. The number of carbonyl (C=O) groups excluding carboxylic acids is 1. The summed E-state index contributed by atoms with van der Waals surface area (Å²) in [5.74, 6) is 0.242. The maximum Gasteiger partial charge on any atom is 0.338 e. The van der Waals surface area contributed by atoms with Crippen LogP contribution in [0.15, 0.2) is 112 Å². The molecule has 1 aliphatic rings. The molecular weight excluding hydrogens is 607 g/mol. The van der Waals surface area contributed by atoms with Gasteiger partial charge in [0.25, 0.3) is 5.56 Å². The predicted octanol–water partition coefficient (Wildman–Crippen LogP) is 6.66. The molecule has 7 nitrogen and oxygen atoms in total.